The number of alkyl halides is 2. The van der Waals surface area contributed by atoms with Gasteiger partial charge in [0.05, 0.1) is 26.5 Å². The number of aromatic nitrogens is 1. The van der Waals surface area contributed by atoms with Crippen LogP contribution in [-0.2, 0) is 30.7 Å². The molecule has 0 spiro atoms. The fourth-order valence-electron chi connectivity index (χ4n) is 4.70. The van der Waals surface area contributed by atoms with Crippen LogP contribution in [0.2, 0.25) is 10.0 Å². The van der Waals surface area contributed by atoms with Crippen LogP contribution in [0.1, 0.15) is 50.8 Å². The highest BCUT2D eigenvalue weighted by Gasteiger charge is 2.37. The van der Waals surface area contributed by atoms with Crippen molar-refractivity contribution in [1.82, 2.24) is 0 Å². The van der Waals surface area contributed by atoms with Crippen LogP contribution in [-0.4, -0.2) is 59.3 Å². The van der Waals surface area contributed by atoms with Crippen molar-refractivity contribution < 1.29 is 59.9 Å². The summed E-state index contributed by atoms with van der Waals surface area (Å²) in [6.45, 7) is 1.62. The predicted molar refractivity (Wildman–Crippen MR) is 181 cm³/mol. The standard InChI is InChI=1S/C33H36Cl2F2N2O11S/c1-33(2,3)50-32(41)39(21-9-11-25(45-4)28(13-21)46-5)51(43,44)18-30(40)48-27(14-22-23(34)15-38(42)16-24(22)35)20-8-10-26(49-31(36)37)29(12-20)47-17-19-6-7-19/h8-13,15-16,19,27,31H,6-7,14,17-18H2,1-5H3/t27-/m0/s1. The highest BCUT2D eigenvalue weighted by atomic mass is 35.5. The van der Waals surface area contributed by atoms with E-state index in [2.05, 4.69) is 4.74 Å². The summed E-state index contributed by atoms with van der Waals surface area (Å²) in [6, 6.07) is 7.62. The molecule has 1 fully saturated rings. The fraction of sp³-hybridized carbons (Fsp3) is 0.424. The minimum atomic E-state index is -4.89. The van der Waals surface area contributed by atoms with E-state index in [0.717, 1.165) is 25.2 Å². The van der Waals surface area contributed by atoms with Crippen LogP contribution < -0.4 is 28.0 Å². The van der Waals surface area contributed by atoms with Crippen LogP contribution in [0.15, 0.2) is 48.8 Å². The lowest BCUT2D eigenvalue weighted by Gasteiger charge is -2.27. The minimum absolute atomic E-state index is 0.0800. The summed E-state index contributed by atoms with van der Waals surface area (Å²) in [5.41, 5.74) is -1.06. The predicted octanol–water partition coefficient (Wildman–Crippen LogP) is 6.63. The van der Waals surface area contributed by atoms with Crippen LogP contribution in [0.5, 0.6) is 23.0 Å². The molecule has 1 aliphatic carbocycles. The number of rotatable bonds is 15. The zero-order valence-corrected chi connectivity index (χ0v) is 30.5. The van der Waals surface area contributed by atoms with Gasteiger partial charge in [-0.05, 0) is 69.4 Å². The summed E-state index contributed by atoms with van der Waals surface area (Å²) in [7, 11) is -2.22. The Bertz CT molecular complexity index is 1830. The molecule has 1 atom stereocenters. The van der Waals surface area contributed by atoms with Crippen LogP contribution in [0.4, 0.5) is 19.3 Å². The van der Waals surface area contributed by atoms with Gasteiger partial charge in [-0.1, -0.05) is 29.3 Å². The topological polar surface area (TPSA) is 154 Å². The first-order valence-electron chi connectivity index (χ1n) is 15.4. The molecule has 51 heavy (non-hydrogen) atoms. The molecule has 13 nitrogen and oxygen atoms in total. The lowest BCUT2D eigenvalue weighted by molar-refractivity contribution is -0.605. The highest BCUT2D eigenvalue weighted by molar-refractivity contribution is 7.94. The Morgan fingerprint density at radius 3 is 2.18 bits per heavy atom. The number of anilines is 1. The first kappa shape index (κ1) is 39.5. The second-order valence-electron chi connectivity index (χ2n) is 12.4. The number of ether oxygens (including phenoxy) is 6. The van der Waals surface area contributed by atoms with E-state index in [1.165, 1.54) is 71.4 Å². The molecule has 3 aromatic rings. The van der Waals surface area contributed by atoms with Gasteiger partial charge in [-0.15, -0.1) is 0 Å². The molecule has 0 unspecified atom stereocenters. The van der Waals surface area contributed by atoms with E-state index in [4.69, 9.17) is 46.9 Å². The average Bonchev–Trinajstić information content (AvgIpc) is 3.84. The minimum Gasteiger partial charge on any atom is -0.619 e. The molecule has 0 radical (unpaired) electrons. The molecule has 278 valence electrons. The Morgan fingerprint density at radius 2 is 1.61 bits per heavy atom. The Balaban J connectivity index is 1.72. The zero-order valence-electron chi connectivity index (χ0n) is 28.2. The molecule has 1 aliphatic rings. The van der Waals surface area contributed by atoms with Crippen molar-refractivity contribution in [1.29, 1.82) is 0 Å². The quantitative estimate of drug-likeness (QED) is 0.0928. The molecular weight excluding hydrogens is 741 g/mol. The van der Waals surface area contributed by atoms with E-state index in [1.54, 1.807) is 0 Å². The normalized spacial score (nSPS) is 13.7. The molecule has 1 aromatic heterocycles. The van der Waals surface area contributed by atoms with E-state index >= 15 is 0 Å². The van der Waals surface area contributed by atoms with Crippen molar-refractivity contribution in [2.75, 3.05) is 30.9 Å². The zero-order chi connectivity index (χ0) is 37.7. The summed E-state index contributed by atoms with van der Waals surface area (Å²) in [5.74, 6) is -2.53. The molecule has 1 saturated carbocycles. The number of methoxy groups -OCH3 is 2. The van der Waals surface area contributed by atoms with Crippen LogP contribution >= 0.6 is 23.2 Å². The van der Waals surface area contributed by atoms with Crippen LogP contribution in [0.25, 0.3) is 0 Å². The summed E-state index contributed by atoms with van der Waals surface area (Å²) >= 11 is 12.6. The van der Waals surface area contributed by atoms with Crippen LogP contribution in [0, 0.1) is 11.1 Å². The number of nitrogens with zero attached hydrogens (tertiary/aromatic N) is 2. The molecule has 0 saturated heterocycles. The lowest BCUT2D eigenvalue weighted by Crippen LogP contribution is -2.43. The number of esters is 1. The maximum atomic E-state index is 13.9. The number of hydrogen-bond donors (Lipinski definition) is 0. The van der Waals surface area contributed by atoms with Gasteiger partial charge < -0.3 is 33.6 Å². The Labute approximate surface area is 303 Å². The van der Waals surface area contributed by atoms with Gasteiger partial charge in [0.15, 0.2) is 41.1 Å². The largest absolute Gasteiger partial charge is 0.619 e. The summed E-state index contributed by atoms with van der Waals surface area (Å²) in [4.78, 5) is 26.9. The maximum Gasteiger partial charge on any atom is 0.428 e. The molecule has 0 N–H and O–H groups in total. The summed E-state index contributed by atoms with van der Waals surface area (Å²) in [6.07, 6.45) is 0.828. The maximum absolute atomic E-state index is 13.9. The molecule has 4 rings (SSSR count). The average molecular weight is 778 g/mol. The number of carbonyl (C=O) groups excluding carboxylic acids is 2. The molecule has 0 bridgehead atoms. The van der Waals surface area contributed by atoms with Crippen molar-refractivity contribution in [2.45, 2.75) is 58.4 Å². The summed E-state index contributed by atoms with van der Waals surface area (Å²) in [5, 5.41) is 11.7. The third kappa shape index (κ3) is 10.9. The van der Waals surface area contributed by atoms with Crippen molar-refractivity contribution in [3.05, 3.63) is 75.2 Å². The van der Waals surface area contributed by atoms with E-state index < -0.39 is 46.2 Å². The molecule has 18 heteroatoms. The summed E-state index contributed by atoms with van der Waals surface area (Å²) < 4.78 is 86.7. The van der Waals surface area contributed by atoms with Crippen molar-refractivity contribution in [2.24, 2.45) is 5.92 Å². The number of benzene rings is 2. The monoisotopic (exact) mass is 776 g/mol. The number of hydrogen-bond acceptors (Lipinski definition) is 11. The van der Waals surface area contributed by atoms with Gasteiger partial charge in [0.25, 0.3) is 10.0 Å². The lowest BCUT2D eigenvalue weighted by atomic mass is 10.0. The van der Waals surface area contributed by atoms with Gasteiger partial charge in [0.2, 0.25) is 0 Å². The molecule has 0 aliphatic heterocycles. The van der Waals surface area contributed by atoms with Gasteiger partial charge in [-0.2, -0.15) is 17.8 Å². The third-order valence-electron chi connectivity index (χ3n) is 7.19. The SMILES string of the molecule is COc1ccc(N(C(=O)OC(C)(C)C)S(=O)(=O)CC(=O)O[C@@H](Cc2c(Cl)c[n+]([O-])cc2Cl)c2ccc(OC(F)F)c(OCC3CC3)c2)cc1OC. The molecule has 2 aromatic carbocycles. The van der Waals surface area contributed by atoms with Gasteiger partial charge in [0.1, 0.15) is 21.8 Å². The van der Waals surface area contributed by atoms with Gasteiger partial charge in [-0.25, -0.2) is 13.2 Å². The Hall–Kier alpha value is -4.28. The Kier molecular flexibility index (Phi) is 12.7. The number of pyridine rings is 1. The second-order valence-corrected chi connectivity index (χ2v) is 15.0. The molecule has 1 heterocycles. The van der Waals surface area contributed by atoms with E-state index in [0.29, 0.717) is 9.04 Å². The third-order valence-corrected chi connectivity index (χ3v) is 9.36. The van der Waals surface area contributed by atoms with Crippen molar-refractivity contribution in [3.63, 3.8) is 0 Å². The number of sulfonamides is 1. The molecular formula is C33H36Cl2F2N2O11S. The first-order valence-corrected chi connectivity index (χ1v) is 17.7. The van der Waals surface area contributed by atoms with E-state index in [1.807, 2.05) is 0 Å². The fourth-order valence-corrected chi connectivity index (χ4v) is 6.49. The number of halogens is 4. The highest BCUT2D eigenvalue weighted by Crippen LogP contribution is 2.38. The number of amides is 1. The van der Waals surface area contributed by atoms with E-state index in [9.17, 15) is 32.0 Å². The smallest absolute Gasteiger partial charge is 0.428 e. The van der Waals surface area contributed by atoms with Crippen molar-refractivity contribution in [3.8, 4) is 23.0 Å². The molecule has 1 amide bonds. The Morgan fingerprint density at radius 1 is 0.980 bits per heavy atom. The van der Waals surface area contributed by atoms with E-state index in [-0.39, 0.29) is 68.8 Å². The van der Waals surface area contributed by atoms with Gasteiger partial charge >= 0.3 is 18.7 Å². The van der Waals surface area contributed by atoms with Gasteiger partial charge in [0, 0.05) is 18.1 Å². The first-order chi connectivity index (χ1) is 23.9. The second kappa shape index (κ2) is 16.4. The van der Waals surface area contributed by atoms with Crippen molar-refractivity contribution >= 4 is 51.0 Å². The van der Waals surface area contributed by atoms with Gasteiger partial charge in [-0.3, -0.25) is 4.79 Å². The number of carbonyl (C=O) groups is 2. The van der Waals surface area contributed by atoms with Crippen LogP contribution in [0.3, 0.4) is 0 Å².